The number of carboxylic acids is 1. The van der Waals surface area contributed by atoms with Gasteiger partial charge in [0.25, 0.3) is 0 Å². The summed E-state index contributed by atoms with van der Waals surface area (Å²) in [5.41, 5.74) is -0.385. The number of benzene rings is 1. The number of hydrogen-bond acceptors (Lipinski definition) is 3. The van der Waals surface area contributed by atoms with Gasteiger partial charge in [-0.15, -0.1) is 0 Å². The Morgan fingerprint density at radius 3 is 2.65 bits per heavy atom. The normalized spacial score (nSPS) is 10.7. The lowest BCUT2D eigenvalue weighted by Gasteiger charge is -2.08. The minimum absolute atomic E-state index is 0.00410. The number of aryl methyl sites for hydroxylation is 1. The van der Waals surface area contributed by atoms with Crippen molar-refractivity contribution in [2.45, 2.75) is 0 Å². The van der Waals surface area contributed by atoms with Crippen LogP contribution >= 0.6 is 15.9 Å². The van der Waals surface area contributed by atoms with Crippen molar-refractivity contribution < 1.29 is 15.0 Å². The Morgan fingerprint density at radius 1 is 1.41 bits per heavy atom. The van der Waals surface area contributed by atoms with Crippen molar-refractivity contribution in [3.8, 4) is 5.75 Å². The van der Waals surface area contributed by atoms with E-state index < -0.39 is 11.4 Å². The monoisotopic (exact) mass is 297 g/mol. The molecule has 1 heterocycles. The first kappa shape index (κ1) is 11.7. The van der Waals surface area contributed by atoms with Crippen LogP contribution in [0.4, 0.5) is 0 Å². The van der Waals surface area contributed by atoms with E-state index >= 15 is 0 Å². The molecule has 2 aromatic rings. The van der Waals surface area contributed by atoms with Crippen LogP contribution in [0.5, 0.6) is 5.75 Å². The molecular formula is C11H8BrNO4. The zero-order chi connectivity index (χ0) is 12.7. The van der Waals surface area contributed by atoms with Crippen molar-refractivity contribution in [3.63, 3.8) is 0 Å². The van der Waals surface area contributed by atoms with Gasteiger partial charge < -0.3 is 14.8 Å². The summed E-state index contributed by atoms with van der Waals surface area (Å²) in [5, 5.41) is 18.7. The molecule has 0 saturated carbocycles. The molecule has 0 atom stereocenters. The molecule has 0 fully saturated rings. The fourth-order valence-corrected chi connectivity index (χ4v) is 1.99. The number of hydrogen-bond donors (Lipinski definition) is 2. The maximum Gasteiger partial charge on any atom is 0.341 e. The number of carboxylic acid groups (broad SMARTS) is 1. The van der Waals surface area contributed by atoms with E-state index in [0.29, 0.717) is 9.99 Å². The number of aromatic carboxylic acids is 1. The first-order valence-electron chi connectivity index (χ1n) is 4.67. The van der Waals surface area contributed by atoms with Gasteiger partial charge in [0, 0.05) is 24.7 Å². The predicted octanol–water partition coefficient (Wildman–Crippen LogP) is 1.70. The molecule has 0 unspecified atom stereocenters. The van der Waals surface area contributed by atoms with E-state index in [2.05, 4.69) is 15.9 Å². The van der Waals surface area contributed by atoms with E-state index in [4.69, 9.17) is 5.11 Å². The van der Waals surface area contributed by atoms with E-state index in [1.54, 1.807) is 7.05 Å². The minimum atomic E-state index is -1.27. The number of fused-ring (bicyclic) bond motifs is 1. The van der Waals surface area contributed by atoms with Crippen molar-refractivity contribution in [2.75, 3.05) is 0 Å². The molecule has 1 aromatic heterocycles. The number of phenols is 1. The quantitative estimate of drug-likeness (QED) is 0.840. The van der Waals surface area contributed by atoms with Gasteiger partial charge in [0.2, 0.25) is 5.43 Å². The van der Waals surface area contributed by atoms with Gasteiger partial charge in [0.15, 0.2) is 0 Å². The number of nitrogens with zero attached hydrogens (tertiary/aromatic N) is 1. The fourth-order valence-electron chi connectivity index (χ4n) is 1.64. The van der Waals surface area contributed by atoms with E-state index in [-0.39, 0.29) is 16.7 Å². The molecule has 0 aliphatic rings. The van der Waals surface area contributed by atoms with Gasteiger partial charge in [-0.05, 0) is 22.0 Å². The van der Waals surface area contributed by atoms with Gasteiger partial charge in [0.05, 0.1) is 9.99 Å². The highest BCUT2D eigenvalue weighted by Crippen LogP contribution is 2.27. The van der Waals surface area contributed by atoms with E-state index in [0.717, 1.165) is 0 Å². The molecule has 0 aliphatic heterocycles. The second-order valence-electron chi connectivity index (χ2n) is 3.61. The Balaban J connectivity index is 2.99. The van der Waals surface area contributed by atoms with Crippen LogP contribution in [0.3, 0.4) is 0 Å². The first-order valence-corrected chi connectivity index (χ1v) is 5.46. The molecule has 0 spiro atoms. The standard InChI is InChI=1S/C11H8BrNO4/c1-13-4-6(11(16)17)10(15)5-2-7(12)9(14)3-8(5)13/h2-4,14H,1H3,(H,16,17). The van der Waals surface area contributed by atoms with Crippen LogP contribution in [-0.2, 0) is 7.05 Å². The van der Waals surface area contributed by atoms with Crippen molar-refractivity contribution in [1.82, 2.24) is 4.57 Å². The van der Waals surface area contributed by atoms with Crippen molar-refractivity contribution in [2.24, 2.45) is 7.05 Å². The topological polar surface area (TPSA) is 79.5 Å². The molecule has 0 aliphatic carbocycles. The van der Waals surface area contributed by atoms with Crippen LogP contribution in [0.1, 0.15) is 10.4 Å². The van der Waals surface area contributed by atoms with Gasteiger partial charge in [-0.2, -0.15) is 0 Å². The number of pyridine rings is 1. The summed E-state index contributed by atoms with van der Waals surface area (Å²) in [7, 11) is 1.61. The molecule has 6 heteroatoms. The zero-order valence-corrected chi connectivity index (χ0v) is 10.4. The minimum Gasteiger partial charge on any atom is -0.507 e. The second kappa shape index (κ2) is 3.89. The van der Waals surface area contributed by atoms with Crippen molar-refractivity contribution in [3.05, 3.63) is 38.6 Å². The van der Waals surface area contributed by atoms with Gasteiger partial charge in [0.1, 0.15) is 11.3 Å². The Hall–Kier alpha value is -1.82. The van der Waals surface area contributed by atoms with E-state index in [1.807, 2.05) is 0 Å². The average molecular weight is 298 g/mol. The highest BCUT2D eigenvalue weighted by atomic mass is 79.9. The van der Waals surface area contributed by atoms with Crippen LogP contribution in [-0.4, -0.2) is 20.7 Å². The molecular weight excluding hydrogens is 290 g/mol. The summed E-state index contributed by atoms with van der Waals surface area (Å²) in [4.78, 5) is 22.8. The molecule has 88 valence electrons. The molecule has 2 N–H and O–H groups in total. The number of rotatable bonds is 1. The summed E-state index contributed by atoms with van der Waals surface area (Å²) in [6.07, 6.45) is 1.24. The second-order valence-corrected chi connectivity index (χ2v) is 4.46. The smallest absolute Gasteiger partial charge is 0.341 e. The maximum atomic E-state index is 11.9. The predicted molar refractivity (Wildman–Crippen MR) is 65.5 cm³/mol. The lowest BCUT2D eigenvalue weighted by Crippen LogP contribution is -2.17. The lowest BCUT2D eigenvalue weighted by molar-refractivity contribution is 0.0695. The van der Waals surface area contributed by atoms with Gasteiger partial charge in [-0.3, -0.25) is 4.79 Å². The summed E-state index contributed by atoms with van der Waals surface area (Å²) < 4.78 is 1.84. The Kier molecular flexibility index (Phi) is 2.66. The van der Waals surface area contributed by atoms with Gasteiger partial charge >= 0.3 is 5.97 Å². The Morgan fingerprint density at radius 2 is 2.06 bits per heavy atom. The lowest BCUT2D eigenvalue weighted by atomic mass is 10.1. The third-order valence-corrected chi connectivity index (χ3v) is 3.12. The van der Waals surface area contributed by atoms with Gasteiger partial charge in [-0.25, -0.2) is 4.79 Å². The van der Waals surface area contributed by atoms with Crippen LogP contribution < -0.4 is 5.43 Å². The highest BCUT2D eigenvalue weighted by molar-refractivity contribution is 9.10. The Labute approximate surface area is 104 Å². The molecule has 0 radical (unpaired) electrons. The largest absolute Gasteiger partial charge is 0.507 e. The average Bonchev–Trinajstić information content (AvgIpc) is 2.25. The number of aromatic nitrogens is 1. The molecule has 0 bridgehead atoms. The van der Waals surface area contributed by atoms with Crippen LogP contribution in [0.25, 0.3) is 10.9 Å². The van der Waals surface area contributed by atoms with Crippen LogP contribution in [0, 0.1) is 0 Å². The molecule has 2 rings (SSSR count). The first-order chi connectivity index (χ1) is 7.91. The molecule has 5 nitrogen and oxygen atoms in total. The summed E-state index contributed by atoms with van der Waals surface area (Å²) >= 11 is 3.09. The fraction of sp³-hybridized carbons (Fsp3) is 0.0909. The van der Waals surface area contributed by atoms with Crippen LogP contribution in [0.15, 0.2) is 27.6 Å². The SMILES string of the molecule is Cn1cc(C(=O)O)c(=O)c2cc(Br)c(O)cc21. The molecule has 17 heavy (non-hydrogen) atoms. The summed E-state index contributed by atoms with van der Waals surface area (Å²) in [6, 6.07) is 2.83. The molecule has 0 amide bonds. The Bertz CT molecular complexity index is 690. The number of aromatic hydroxyl groups is 1. The van der Waals surface area contributed by atoms with Crippen LogP contribution in [0.2, 0.25) is 0 Å². The van der Waals surface area contributed by atoms with E-state index in [9.17, 15) is 14.7 Å². The molecule has 0 saturated heterocycles. The van der Waals surface area contributed by atoms with E-state index in [1.165, 1.54) is 22.9 Å². The third kappa shape index (κ3) is 1.80. The molecule has 1 aromatic carbocycles. The highest BCUT2D eigenvalue weighted by Gasteiger charge is 2.14. The van der Waals surface area contributed by atoms with Gasteiger partial charge in [-0.1, -0.05) is 0 Å². The summed E-state index contributed by atoms with van der Waals surface area (Å²) in [6.45, 7) is 0. The number of phenolic OH excluding ortho intramolecular Hbond substituents is 1. The third-order valence-electron chi connectivity index (χ3n) is 2.49. The summed E-state index contributed by atoms with van der Waals surface area (Å²) in [5.74, 6) is -1.27. The van der Waals surface area contributed by atoms with Crippen molar-refractivity contribution in [1.29, 1.82) is 0 Å². The zero-order valence-electron chi connectivity index (χ0n) is 8.77. The maximum absolute atomic E-state index is 11.9. The van der Waals surface area contributed by atoms with Crippen molar-refractivity contribution >= 4 is 32.8 Å². The number of halogens is 1. The number of carbonyl (C=O) groups is 1.